The topological polar surface area (TPSA) is 56.7 Å². The van der Waals surface area contributed by atoms with E-state index in [9.17, 15) is 0 Å². The lowest BCUT2D eigenvalue weighted by molar-refractivity contribution is 0.957. The Morgan fingerprint density at radius 2 is 2.16 bits per heavy atom. The lowest BCUT2D eigenvalue weighted by Crippen LogP contribution is -1.97. The highest BCUT2D eigenvalue weighted by molar-refractivity contribution is 9.10. The number of hydrogen-bond donors (Lipinski definition) is 1. The monoisotopic (exact) mass is 316 g/mol. The zero-order valence-corrected chi connectivity index (χ0v) is 12.1. The molecule has 3 aromatic rings. The lowest BCUT2D eigenvalue weighted by atomic mass is 10.2. The lowest BCUT2D eigenvalue weighted by Gasteiger charge is -2.02. The molecule has 1 aromatic carbocycles. The van der Waals surface area contributed by atoms with Crippen molar-refractivity contribution in [1.82, 2.24) is 14.5 Å². The van der Waals surface area contributed by atoms with E-state index in [0.717, 1.165) is 32.5 Å². The number of benzene rings is 1. The first kappa shape index (κ1) is 12.3. The Morgan fingerprint density at radius 3 is 2.89 bits per heavy atom. The van der Waals surface area contributed by atoms with Gasteiger partial charge in [-0.3, -0.25) is 4.98 Å². The summed E-state index contributed by atoms with van der Waals surface area (Å²) >= 11 is 3.44. The Balaban J connectivity index is 2.28. The number of para-hydroxylation sites is 1. The molecule has 0 aliphatic carbocycles. The molecule has 96 valence electrons. The molecule has 2 heterocycles. The number of nitrogens with zero attached hydrogens (tertiary/aromatic N) is 3. The fourth-order valence-corrected chi connectivity index (χ4v) is 2.59. The summed E-state index contributed by atoms with van der Waals surface area (Å²) < 4.78 is 3.01. The van der Waals surface area contributed by atoms with E-state index >= 15 is 0 Å². The van der Waals surface area contributed by atoms with Gasteiger partial charge in [-0.05, 0) is 33.6 Å². The van der Waals surface area contributed by atoms with Crippen LogP contribution in [0.25, 0.3) is 22.4 Å². The molecule has 19 heavy (non-hydrogen) atoms. The summed E-state index contributed by atoms with van der Waals surface area (Å²) in [5.74, 6) is 0.893. The summed E-state index contributed by atoms with van der Waals surface area (Å²) in [5, 5.41) is 0. The quantitative estimate of drug-likeness (QED) is 0.791. The van der Waals surface area contributed by atoms with Crippen LogP contribution in [-0.4, -0.2) is 14.5 Å². The van der Waals surface area contributed by atoms with Gasteiger partial charge in [0.1, 0.15) is 5.82 Å². The molecular formula is C14H13BrN4. The molecule has 0 unspecified atom stereocenters. The highest BCUT2D eigenvalue weighted by atomic mass is 79.9. The van der Waals surface area contributed by atoms with Crippen LogP contribution in [0.3, 0.4) is 0 Å². The van der Waals surface area contributed by atoms with Crippen molar-refractivity contribution in [2.75, 3.05) is 0 Å². The Kier molecular flexibility index (Phi) is 3.08. The Morgan fingerprint density at radius 1 is 1.32 bits per heavy atom. The third-order valence-corrected chi connectivity index (χ3v) is 3.61. The summed E-state index contributed by atoms with van der Waals surface area (Å²) in [6.45, 7) is 0.491. The molecular weight excluding hydrogens is 304 g/mol. The fourth-order valence-electron chi connectivity index (χ4n) is 2.23. The van der Waals surface area contributed by atoms with Gasteiger partial charge in [0, 0.05) is 36.0 Å². The third kappa shape index (κ3) is 2.05. The average molecular weight is 317 g/mol. The van der Waals surface area contributed by atoms with Crippen molar-refractivity contribution in [2.45, 2.75) is 6.54 Å². The first-order valence-corrected chi connectivity index (χ1v) is 6.75. The number of halogens is 1. The van der Waals surface area contributed by atoms with Crippen LogP contribution < -0.4 is 5.73 Å². The van der Waals surface area contributed by atoms with Gasteiger partial charge in [0.25, 0.3) is 0 Å². The van der Waals surface area contributed by atoms with Gasteiger partial charge < -0.3 is 10.3 Å². The van der Waals surface area contributed by atoms with Crippen LogP contribution >= 0.6 is 15.9 Å². The predicted molar refractivity (Wildman–Crippen MR) is 79.5 cm³/mol. The Labute approximate surface area is 119 Å². The van der Waals surface area contributed by atoms with E-state index in [1.165, 1.54) is 0 Å². The molecule has 4 nitrogen and oxygen atoms in total. The van der Waals surface area contributed by atoms with E-state index in [2.05, 4.69) is 31.5 Å². The summed E-state index contributed by atoms with van der Waals surface area (Å²) in [6.07, 6.45) is 3.57. The van der Waals surface area contributed by atoms with Crippen LogP contribution in [0.1, 0.15) is 5.56 Å². The van der Waals surface area contributed by atoms with E-state index in [4.69, 9.17) is 10.7 Å². The molecule has 0 amide bonds. The molecule has 5 heteroatoms. The normalized spacial score (nSPS) is 11.1. The van der Waals surface area contributed by atoms with Gasteiger partial charge >= 0.3 is 0 Å². The number of rotatable bonds is 2. The summed E-state index contributed by atoms with van der Waals surface area (Å²) in [6, 6.07) is 8.08. The van der Waals surface area contributed by atoms with E-state index in [1.807, 2.05) is 31.4 Å². The van der Waals surface area contributed by atoms with Gasteiger partial charge in [0.05, 0.1) is 11.0 Å². The van der Waals surface area contributed by atoms with Crippen molar-refractivity contribution in [1.29, 1.82) is 0 Å². The minimum Gasteiger partial charge on any atom is -0.327 e. The standard InChI is InChI=1S/C14H13BrN4/c1-19-12-4-2-3-9(6-16)13(12)18-14(19)10-5-11(15)8-17-7-10/h2-5,7-8H,6,16H2,1H3. The molecule has 2 aromatic heterocycles. The first-order valence-electron chi connectivity index (χ1n) is 5.96. The minimum absolute atomic E-state index is 0.491. The first-order chi connectivity index (χ1) is 9.20. The molecule has 0 aliphatic heterocycles. The van der Waals surface area contributed by atoms with Crippen molar-refractivity contribution in [2.24, 2.45) is 12.8 Å². The minimum atomic E-state index is 0.491. The van der Waals surface area contributed by atoms with Crippen LogP contribution in [0.15, 0.2) is 41.1 Å². The second kappa shape index (κ2) is 4.75. The molecule has 0 atom stereocenters. The largest absolute Gasteiger partial charge is 0.327 e. The van der Waals surface area contributed by atoms with Crippen LogP contribution in [-0.2, 0) is 13.6 Å². The fraction of sp³-hybridized carbons (Fsp3) is 0.143. The van der Waals surface area contributed by atoms with E-state index in [-0.39, 0.29) is 0 Å². The van der Waals surface area contributed by atoms with Crippen LogP contribution in [0.4, 0.5) is 0 Å². The molecule has 3 rings (SSSR count). The smallest absolute Gasteiger partial charge is 0.142 e. The van der Waals surface area contributed by atoms with Gasteiger partial charge in [-0.2, -0.15) is 0 Å². The van der Waals surface area contributed by atoms with Crippen LogP contribution in [0.5, 0.6) is 0 Å². The molecule has 0 spiro atoms. The molecule has 0 aliphatic rings. The van der Waals surface area contributed by atoms with Gasteiger partial charge in [-0.15, -0.1) is 0 Å². The van der Waals surface area contributed by atoms with Crippen molar-refractivity contribution >= 4 is 27.0 Å². The second-order valence-corrected chi connectivity index (χ2v) is 5.29. The SMILES string of the molecule is Cn1c(-c2cncc(Br)c2)nc2c(CN)cccc21. The van der Waals surface area contributed by atoms with E-state index in [0.29, 0.717) is 6.54 Å². The molecule has 0 saturated heterocycles. The molecule has 0 radical (unpaired) electrons. The third-order valence-electron chi connectivity index (χ3n) is 3.18. The van der Waals surface area contributed by atoms with Crippen molar-refractivity contribution in [3.05, 3.63) is 46.7 Å². The highest BCUT2D eigenvalue weighted by Crippen LogP contribution is 2.26. The second-order valence-electron chi connectivity index (χ2n) is 4.38. The average Bonchev–Trinajstić information content (AvgIpc) is 2.76. The molecule has 0 saturated carbocycles. The number of aromatic nitrogens is 3. The summed E-state index contributed by atoms with van der Waals surface area (Å²) in [4.78, 5) is 8.91. The number of fused-ring (bicyclic) bond motifs is 1. The number of imidazole rings is 1. The maximum Gasteiger partial charge on any atom is 0.142 e. The van der Waals surface area contributed by atoms with E-state index in [1.54, 1.807) is 6.20 Å². The van der Waals surface area contributed by atoms with Crippen molar-refractivity contribution in [3.63, 3.8) is 0 Å². The Bertz CT molecular complexity index is 748. The van der Waals surface area contributed by atoms with Crippen LogP contribution in [0.2, 0.25) is 0 Å². The summed E-state index contributed by atoms with van der Waals surface area (Å²) in [5.41, 5.74) is 9.85. The highest BCUT2D eigenvalue weighted by Gasteiger charge is 2.12. The molecule has 0 fully saturated rings. The van der Waals surface area contributed by atoms with Gasteiger partial charge in [-0.1, -0.05) is 12.1 Å². The van der Waals surface area contributed by atoms with Crippen molar-refractivity contribution < 1.29 is 0 Å². The zero-order valence-electron chi connectivity index (χ0n) is 10.5. The van der Waals surface area contributed by atoms with Gasteiger partial charge in [-0.25, -0.2) is 4.98 Å². The number of pyridine rings is 1. The molecule has 2 N–H and O–H groups in total. The number of nitrogens with two attached hydrogens (primary N) is 1. The zero-order chi connectivity index (χ0) is 13.4. The van der Waals surface area contributed by atoms with Gasteiger partial charge in [0.2, 0.25) is 0 Å². The Hall–Kier alpha value is -1.72. The van der Waals surface area contributed by atoms with E-state index < -0.39 is 0 Å². The maximum atomic E-state index is 5.77. The number of aryl methyl sites for hydroxylation is 1. The van der Waals surface area contributed by atoms with Crippen molar-refractivity contribution in [3.8, 4) is 11.4 Å². The van der Waals surface area contributed by atoms with Crippen LogP contribution in [0, 0.1) is 0 Å². The molecule has 0 bridgehead atoms. The predicted octanol–water partition coefficient (Wildman–Crippen LogP) is 2.86. The number of hydrogen-bond acceptors (Lipinski definition) is 3. The maximum absolute atomic E-state index is 5.77. The van der Waals surface area contributed by atoms with Gasteiger partial charge in [0.15, 0.2) is 0 Å². The summed E-state index contributed by atoms with van der Waals surface area (Å²) in [7, 11) is 2.01.